The van der Waals surface area contributed by atoms with Gasteiger partial charge in [0.05, 0.1) is 7.11 Å². The number of piperazine rings is 1. The molecule has 0 atom stereocenters. The van der Waals surface area contributed by atoms with Gasteiger partial charge in [-0.1, -0.05) is 0 Å². The molecule has 142 valence electrons. The van der Waals surface area contributed by atoms with Crippen LogP contribution in [-0.4, -0.2) is 51.7 Å². The minimum Gasteiger partial charge on any atom is -0.482 e. The molecule has 0 radical (unpaired) electrons. The van der Waals surface area contributed by atoms with Crippen LogP contribution < -0.4 is 20.3 Å². The maximum absolute atomic E-state index is 11.1. The van der Waals surface area contributed by atoms with Gasteiger partial charge in [-0.25, -0.2) is 4.79 Å². The van der Waals surface area contributed by atoms with Crippen LogP contribution in [0.3, 0.4) is 0 Å². The highest BCUT2D eigenvalue weighted by Crippen LogP contribution is 2.23. The van der Waals surface area contributed by atoms with Gasteiger partial charge in [0.25, 0.3) is 0 Å². The summed E-state index contributed by atoms with van der Waals surface area (Å²) < 4.78 is 9.94. The zero-order valence-corrected chi connectivity index (χ0v) is 15.4. The first-order valence-corrected chi connectivity index (χ1v) is 8.81. The van der Waals surface area contributed by atoms with Crippen LogP contribution in [0.15, 0.2) is 48.5 Å². The van der Waals surface area contributed by atoms with E-state index in [1.165, 1.54) is 7.11 Å². The van der Waals surface area contributed by atoms with Gasteiger partial charge in [-0.15, -0.1) is 0 Å². The molecule has 7 nitrogen and oxygen atoms in total. The van der Waals surface area contributed by atoms with Crippen molar-refractivity contribution in [3.05, 3.63) is 54.1 Å². The molecule has 1 saturated heterocycles. The number of esters is 1. The third-order valence-electron chi connectivity index (χ3n) is 4.61. The molecule has 3 N–H and O–H groups in total. The number of hydrogen-bond acceptors (Lipinski definition) is 6. The van der Waals surface area contributed by atoms with Gasteiger partial charge in [0, 0.05) is 43.1 Å². The Balaban J connectivity index is 1.54. The zero-order chi connectivity index (χ0) is 19.2. The molecule has 0 unspecified atom stereocenters. The molecular formula is C20H24N4O3. The molecular weight excluding hydrogens is 344 g/mol. The maximum atomic E-state index is 11.1. The normalized spacial score (nSPS) is 14.0. The number of anilines is 2. The number of benzene rings is 2. The maximum Gasteiger partial charge on any atom is 0.343 e. The Bertz CT molecular complexity index is 782. The molecule has 0 saturated carbocycles. The number of rotatable bonds is 6. The summed E-state index contributed by atoms with van der Waals surface area (Å²) in [6.45, 7) is 3.57. The number of amidine groups is 1. The number of nitrogens with two attached hydrogens (primary N) is 1. The minimum absolute atomic E-state index is 0.0864. The molecule has 0 aliphatic carbocycles. The van der Waals surface area contributed by atoms with E-state index in [-0.39, 0.29) is 12.4 Å². The number of nitrogens with one attached hydrogen (secondary N) is 1. The van der Waals surface area contributed by atoms with Crippen LogP contribution >= 0.6 is 0 Å². The lowest BCUT2D eigenvalue weighted by molar-refractivity contribution is -0.142. The average molecular weight is 368 g/mol. The molecule has 2 aromatic rings. The van der Waals surface area contributed by atoms with E-state index < -0.39 is 5.97 Å². The molecule has 0 amide bonds. The highest BCUT2D eigenvalue weighted by Gasteiger charge is 2.17. The van der Waals surface area contributed by atoms with Gasteiger partial charge in [0.1, 0.15) is 11.6 Å². The molecule has 1 aliphatic rings. The van der Waals surface area contributed by atoms with Crippen LogP contribution in [0, 0.1) is 5.41 Å². The molecule has 0 bridgehead atoms. The number of nitrogens with zero attached hydrogens (tertiary/aromatic N) is 2. The SMILES string of the molecule is COC(=O)COc1ccc(N2CCN(c3ccc(C(=N)N)cc3)CC2)cc1. The van der Waals surface area contributed by atoms with Gasteiger partial charge in [-0.2, -0.15) is 0 Å². The van der Waals surface area contributed by atoms with Crippen molar-refractivity contribution in [3.63, 3.8) is 0 Å². The molecule has 2 aromatic carbocycles. The fourth-order valence-corrected chi connectivity index (χ4v) is 3.03. The highest BCUT2D eigenvalue weighted by molar-refractivity contribution is 5.95. The Hall–Kier alpha value is -3.22. The van der Waals surface area contributed by atoms with Gasteiger partial charge in [0.15, 0.2) is 6.61 Å². The summed E-state index contributed by atoms with van der Waals surface area (Å²) in [6.07, 6.45) is 0. The Morgan fingerprint density at radius 1 is 0.963 bits per heavy atom. The third-order valence-corrected chi connectivity index (χ3v) is 4.61. The number of hydrogen-bond donors (Lipinski definition) is 2. The van der Waals surface area contributed by atoms with Crippen molar-refractivity contribution in [1.29, 1.82) is 5.41 Å². The Morgan fingerprint density at radius 3 is 1.89 bits per heavy atom. The topological polar surface area (TPSA) is 91.9 Å². The Morgan fingerprint density at radius 2 is 1.44 bits per heavy atom. The molecule has 3 rings (SSSR count). The number of carbonyl (C=O) groups excluding carboxylic acids is 1. The monoisotopic (exact) mass is 368 g/mol. The van der Waals surface area contributed by atoms with Crippen molar-refractivity contribution >= 4 is 23.2 Å². The molecule has 1 fully saturated rings. The first-order valence-electron chi connectivity index (χ1n) is 8.81. The average Bonchev–Trinajstić information content (AvgIpc) is 2.72. The summed E-state index contributed by atoms with van der Waals surface area (Å²) in [6, 6.07) is 15.5. The summed E-state index contributed by atoms with van der Waals surface area (Å²) in [7, 11) is 1.34. The van der Waals surface area contributed by atoms with E-state index in [1.807, 2.05) is 48.5 Å². The molecule has 1 aliphatic heterocycles. The quantitative estimate of drug-likeness (QED) is 0.459. The van der Waals surface area contributed by atoms with Gasteiger partial charge in [0.2, 0.25) is 0 Å². The lowest BCUT2D eigenvalue weighted by Crippen LogP contribution is -2.46. The van der Waals surface area contributed by atoms with E-state index in [9.17, 15) is 4.79 Å². The van der Waals surface area contributed by atoms with Gasteiger partial charge < -0.3 is 25.0 Å². The predicted molar refractivity (Wildman–Crippen MR) is 106 cm³/mol. The van der Waals surface area contributed by atoms with Crippen LogP contribution in [-0.2, 0) is 9.53 Å². The third kappa shape index (κ3) is 4.69. The van der Waals surface area contributed by atoms with E-state index >= 15 is 0 Å². The largest absolute Gasteiger partial charge is 0.482 e. The van der Waals surface area contributed by atoms with E-state index in [2.05, 4.69) is 14.5 Å². The predicted octanol–water partition coefficient (Wildman–Crippen LogP) is 1.85. The first kappa shape index (κ1) is 18.6. The molecule has 0 aromatic heterocycles. The van der Waals surface area contributed by atoms with Crippen LogP contribution in [0.4, 0.5) is 11.4 Å². The van der Waals surface area contributed by atoms with E-state index in [4.69, 9.17) is 15.9 Å². The van der Waals surface area contributed by atoms with Crippen LogP contribution in [0.5, 0.6) is 5.75 Å². The number of nitrogen functional groups attached to an aromatic ring is 1. The van der Waals surface area contributed by atoms with Crippen LogP contribution in [0.2, 0.25) is 0 Å². The summed E-state index contributed by atoms with van der Waals surface area (Å²) >= 11 is 0. The number of ether oxygens (including phenoxy) is 2. The van der Waals surface area contributed by atoms with Crippen molar-refractivity contribution in [2.45, 2.75) is 0 Å². The van der Waals surface area contributed by atoms with Gasteiger partial charge in [-0.05, 0) is 48.5 Å². The van der Waals surface area contributed by atoms with Gasteiger partial charge >= 0.3 is 5.97 Å². The van der Waals surface area contributed by atoms with E-state index in [0.717, 1.165) is 43.1 Å². The van der Waals surface area contributed by atoms with Crippen molar-refractivity contribution in [3.8, 4) is 5.75 Å². The van der Waals surface area contributed by atoms with Gasteiger partial charge in [-0.3, -0.25) is 5.41 Å². The molecule has 27 heavy (non-hydrogen) atoms. The fourth-order valence-electron chi connectivity index (χ4n) is 3.03. The summed E-state index contributed by atoms with van der Waals surface area (Å²) in [5.74, 6) is 0.338. The first-order chi connectivity index (χ1) is 13.1. The fraction of sp³-hybridized carbons (Fsp3) is 0.300. The van der Waals surface area contributed by atoms with Crippen molar-refractivity contribution in [2.75, 3.05) is 49.7 Å². The van der Waals surface area contributed by atoms with Crippen LogP contribution in [0.25, 0.3) is 0 Å². The number of carbonyl (C=O) groups is 1. The van der Waals surface area contributed by atoms with E-state index in [1.54, 1.807) is 0 Å². The second-order valence-corrected chi connectivity index (χ2v) is 6.29. The summed E-state index contributed by atoms with van der Waals surface area (Å²) in [4.78, 5) is 15.8. The lowest BCUT2D eigenvalue weighted by Gasteiger charge is -2.37. The van der Waals surface area contributed by atoms with E-state index in [0.29, 0.717) is 5.75 Å². The summed E-state index contributed by atoms with van der Waals surface area (Å²) in [5.41, 5.74) is 8.53. The second kappa shape index (κ2) is 8.44. The lowest BCUT2D eigenvalue weighted by atomic mass is 10.1. The molecule has 0 spiro atoms. The Kier molecular flexibility index (Phi) is 5.80. The summed E-state index contributed by atoms with van der Waals surface area (Å²) in [5, 5.41) is 7.47. The van der Waals surface area contributed by atoms with Crippen molar-refractivity contribution < 1.29 is 14.3 Å². The van der Waals surface area contributed by atoms with Crippen molar-refractivity contribution in [2.24, 2.45) is 5.73 Å². The molecule has 7 heteroatoms. The van der Waals surface area contributed by atoms with Crippen molar-refractivity contribution in [1.82, 2.24) is 0 Å². The highest BCUT2D eigenvalue weighted by atomic mass is 16.6. The number of methoxy groups -OCH3 is 1. The smallest absolute Gasteiger partial charge is 0.343 e. The second-order valence-electron chi connectivity index (χ2n) is 6.29. The zero-order valence-electron chi connectivity index (χ0n) is 15.4. The Labute approximate surface area is 158 Å². The standard InChI is InChI=1S/C20H24N4O3/c1-26-19(25)14-27-18-8-6-17(7-9-18)24-12-10-23(11-13-24)16-4-2-15(3-5-16)20(21)22/h2-9H,10-14H2,1H3,(H3,21,22). The molecule has 1 heterocycles. The van der Waals surface area contributed by atoms with Crippen LogP contribution in [0.1, 0.15) is 5.56 Å². The minimum atomic E-state index is -0.397.